The van der Waals surface area contributed by atoms with Gasteiger partial charge in [-0.15, -0.1) is 0 Å². The van der Waals surface area contributed by atoms with Crippen molar-refractivity contribution in [2.45, 2.75) is 38.3 Å². The molecule has 1 aliphatic rings. The first-order chi connectivity index (χ1) is 8.86. The van der Waals surface area contributed by atoms with Gasteiger partial charge in [-0.3, -0.25) is 0 Å². The molecule has 2 atom stereocenters. The Kier molecular flexibility index (Phi) is 3.48. The highest BCUT2D eigenvalue weighted by Gasteiger charge is 2.21. The van der Waals surface area contributed by atoms with Gasteiger partial charge in [0.1, 0.15) is 0 Å². The molecule has 0 radical (unpaired) electrons. The molecule has 1 saturated heterocycles. The minimum atomic E-state index is 0.373. The Bertz CT molecular complexity index is 483. The molecule has 4 heteroatoms. The summed E-state index contributed by atoms with van der Waals surface area (Å²) in [6.07, 6.45) is 7.82. The molecule has 0 aliphatic carbocycles. The molecule has 1 aliphatic heterocycles. The zero-order valence-electron chi connectivity index (χ0n) is 10.7. The summed E-state index contributed by atoms with van der Waals surface area (Å²) in [5, 5.41) is 7.97. The van der Waals surface area contributed by atoms with Crippen molar-refractivity contribution in [2.75, 3.05) is 6.54 Å². The number of nitrogens with zero attached hydrogens (tertiary/aromatic N) is 2. The lowest BCUT2D eigenvalue weighted by atomic mass is 10.0. The van der Waals surface area contributed by atoms with E-state index in [-0.39, 0.29) is 0 Å². The second-order valence-corrected chi connectivity index (χ2v) is 5.74. The Balaban J connectivity index is 1.86. The fourth-order valence-electron chi connectivity index (χ4n) is 2.69. The average Bonchev–Trinajstić information content (AvgIpc) is 3.10. The van der Waals surface area contributed by atoms with Gasteiger partial charge in [-0.1, -0.05) is 6.42 Å². The zero-order chi connectivity index (χ0) is 12.4. The van der Waals surface area contributed by atoms with Crippen LogP contribution in [0.15, 0.2) is 29.4 Å². The van der Waals surface area contributed by atoms with Crippen molar-refractivity contribution in [1.29, 1.82) is 0 Å². The molecule has 0 bridgehead atoms. The summed E-state index contributed by atoms with van der Waals surface area (Å²) in [4.78, 5) is 4.35. The number of hydrogen-bond donors (Lipinski definition) is 1. The highest BCUT2D eigenvalue weighted by Crippen LogP contribution is 2.28. The predicted molar refractivity (Wildman–Crippen MR) is 75.0 cm³/mol. The standard InChI is InChI=1S/C14H19N3S/c1-11(12-5-7-18-9-12)17-10-15-8-14(17)13-4-2-3-6-16-13/h5,7-11,13,16H,2-4,6H2,1H3. The molecule has 0 spiro atoms. The number of thiophene rings is 1. The lowest BCUT2D eigenvalue weighted by molar-refractivity contribution is 0.389. The van der Waals surface area contributed by atoms with Gasteiger partial charge in [-0.05, 0) is 48.7 Å². The molecule has 3 nitrogen and oxygen atoms in total. The van der Waals surface area contributed by atoms with E-state index in [1.165, 1.54) is 30.5 Å². The third-order valence-electron chi connectivity index (χ3n) is 3.81. The van der Waals surface area contributed by atoms with Crippen LogP contribution in [0.1, 0.15) is 49.5 Å². The number of piperidine rings is 1. The van der Waals surface area contributed by atoms with Gasteiger partial charge in [0.15, 0.2) is 0 Å². The quantitative estimate of drug-likeness (QED) is 0.918. The Morgan fingerprint density at radius 1 is 1.50 bits per heavy atom. The summed E-state index contributed by atoms with van der Waals surface area (Å²) in [7, 11) is 0. The first-order valence-corrected chi connectivity index (χ1v) is 7.58. The van der Waals surface area contributed by atoms with Crippen LogP contribution in [0.5, 0.6) is 0 Å². The summed E-state index contributed by atoms with van der Waals surface area (Å²) >= 11 is 1.76. The first kappa shape index (κ1) is 11.9. The third-order valence-corrected chi connectivity index (χ3v) is 4.51. The molecule has 2 unspecified atom stereocenters. The van der Waals surface area contributed by atoms with Gasteiger partial charge in [-0.2, -0.15) is 11.3 Å². The van der Waals surface area contributed by atoms with Crippen molar-refractivity contribution in [1.82, 2.24) is 14.9 Å². The first-order valence-electron chi connectivity index (χ1n) is 6.63. The van der Waals surface area contributed by atoms with Crippen molar-refractivity contribution in [3.8, 4) is 0 Å². The largest absolute Gasteiger partial charge is 0.326 e. The SMILES string of the molecule is CC(c1ccsc1)n1cncc1C1CCCCN1. The Labute approximate surface area is 112 Å². The lowest BCUT2D eigenvalue weighted by Gasteiger charge is -2.26. The maximum Gasteiger partial charge on any atom is 0.0954 e. The number of imidazole rings is 1. The number of nitrogens with one attached hydrogen (secondary N) is 1. The van der Waals surface area contributed by atoms with Gasteiger partial charge in [0.05, 0.1) is 18.1 Å². The van der Waals surface area contributed by atoms with E-state index in [0.29, 0.717) is 12.1 Å². The molecule has 0 saturated carbocycles. The number of aromatic nitrogens is 2. The maximum absolute atomic E-state index is 4.35. The van der Waals surface area contributed by atoms with E-state index < -0.39 is 0 Å². The summed E-state index contributed by atoms with van der Waals surface area (Å²) < 4.78 is 2.31. The number of rotatable bonds is 3. The van der Waals surface area contributed by atoms with Crippen LogP contribution in [0.3, 0.4) is 0 Å². The normalized spacial score (nSPS) is 21.9. The fraction of sp³-hybridized carbons (Fsp3) is 0.500. The summed E-state index contributed by atoms with van der Waals surface area (Å²) in [6, 6.07) is 3.05. The Hall–Kier alpha value is -1.13. The van der Waals surface area contributed by atoms with Crippen molar-refractivity contribution in [3.05, 3.63) is 40.6 Å². The summed E-state index contributed by atoms with van der Waals surface area (Å²) in [6.45, 7) is 3.37. The van der Waals surface area contributed by atoms with Crippen LogP contribution >= 0.6 is 11.3 Å². The zero-order valence-corrected chi connectivity index (χ0v) is 11.5. The monoisotopic (exact) mass is 261 g/mol. The van der Waals surface area contributed by atoms with E-state index in [4.69, 9.17) is 0 Å². The maximum atomic E-state index is 4.35. The molecule has 2 aromatic heterocycles. The van der Waals surface area contributed by atoms with Crippen LogP contribution in [0.25, 0.3) is 0 Å². The fourth-order valence-corrected chi connectivity index (χ4v) is 3.43. The van der Waals surface area contributed by atoms with Crippen LogP contribution in [-0.2, 0) is 0 Å². The molecular weight excluding hydrogens is 242 g/mol. The highest BCUT2D eigenvalue weighted by atomic mass is 32.1. The van der Waals surface area contributed by atoms with Crippen LogP contribution in [-0.4, -0.2) is 16.1 Å². The van der Waals surface area contributed by atoms with Crippen LogP contribution in [0.2, 0.25) is 0 Å². The Morgan fingerprint density at radius 2 is 2.44 bits per heavy atom. The van der Waals surface area contributed by atoms with Crippen LogP contribution < -0.4 is 5.32 Å². The summed E-state index contributed by atoms with van der Waals surface area (Å²) in [5.74, 6) is 0. The van der Waals surface area contributed by atoms with Crippen molar-refractivity contribution < 1.29 is 0 Å². The van der Waals surface area contributed by atoms with Crippen LogP contribution in [0.4, 0.5) is 0 Å². The molecule has 3 rings (SSSR count). The molecule has 2 aromatic rings. The average molecular weight is 261 g/mol. The second-order valence-electron chi connectivity index (χ2n) is 4.96. The van der Waals surface area contributed by atoms with E-state index in [0.717, 1.165) is 6.54 Å². The van der Waals surface area contributed by atoms with Gasteiger partial charge in [0.2, 0.25) is 0 Å². The molecule has 0 amide bonds. The second kappa shape index (κ2) is 5.24. The Morgan fingerprint density at radius 3 is 3.17 bits per heavy atom. The van der Waals surface area contributed by atoms with Crippen molar-refractivity contribution in [2.24, 2.45) is 0 Å². The molecule has 1 N–H and O–H groups in total. The molecule has 96 valence electrons. The van der Waals surface area contributed by atoms with Crippen LogP contribution in [0, 0.1) is 0 Å². The highest BCUT2D eigenvalue weighted by molar-refractivity contribution is 7.07. The molecule has 0 aromatic carbocycles. The molecule has 3 heterocycles. The molecule has 18 heavy (non-hydrogen) atoms. The van der Waals surface area contributed by atoms with Gasteiger partial charge >= 0.3 is 0 Å². The number of hydrogen-bond acceptors (Lipinski definition) is 3. The minimum absolute atomic E-state index is 0.373. The van der Waals surface area contributed by atoms with Crippen molar-refractivity contribution in [3.63, 3.8) is 0 Å². The molecular formula is C14H19N3S. The minimum Gasteiger partial charge on any atom is -0.326 e. The van der Waals surface area contributed by atoms with Crippen molar-refractivity contribution >= 4 is 11.3 Å². The van der Waals surface area contributed by atoms with E-state index in [1.54, 1.807) is 11.3 Å². The van der Waals surface area contributed by atoms with E-state index in [9.17, 15) is 0 Å². The topological polar surface area (TPSA) is 29.9 Å². The van der Waals surface area contributed by atoms with Gasteiger partial charge in [0, 0.05) is 12.2 Å². The van der Waals surface area contributed by atoms with E-state index in [1.807, 2.05) is 12.5 Å². The van der Waals surface area contributed by atoms with Gasteiger partial charge < -0.3 is 9.88 Å². The lowest BCUT2D eigenvalue weighted by Crippen LogP contribution is -2.29. The predicted octanol–water partition coefficient (Wildman–Crippen LogP) is 3.37. The van der Waals surface area contributed by atoms with Gasteiger partial charge in [-0.25, -0.2) is 4.98 Å². The van der Waals surface area contributed by atoms with E-state index >= 15 is 0 Å². The van der Waals surface area contributed by atoms with E-state index in [2.05, 4.69) is 38.6 Å². The third kappa shape index (κ3) is 2.22. The molecule has 1 fully saturated rings. The summed E-state index contributed by atoms with van der Waals surface area (Å²) in [5.41, 5.74) is 2.70. The van der Waals surface area contributed by atoms with Gasteiger partial charge in [0.25, 0.3) is 0 Å². The smallest absolute Gasteiger partial charge is 0.0954 e.